The van der Waals surface area contributed by atoms with Gasteiger partial charge in [0, 0.05) is 0 Å². The molecule has 0 N–H and O–H groups in total. The van der Waals surface area contributed by atoms with Gasteiger partial charge in [0.05, 0.1) is 12.2 Å². The van der Waals surface area contributed by atoms with Crippen LogP contribution in [0.25, 0.3) is 0 Å². The van der Waals surface area contributed by atoms with Crippen molar-refractivity contribution < 1.29 is 28.8 Å². The van der Waals surface area contributed by atoms with Crippen molar-refractivity contribution in [2.24, 2.45) is 0 Å². The van der Waals surface area contributed by atoms with Crippen LogP contribution in [0.5, 0.6) is 0 Å². The van der Waals surface area contributed by atoms with Crippen molar-refractivity contribution in [3.8, 4) is 0 Å². The largest absolute Gasteiger partial charge is 0.416 e. The predicted molar refractivity (Wildman–Crippen MR) is 69.8 cm³/mol. The van der Waals surface area contributed by atoms with E-state index in [0.29, 0.717) is 25.7 Å². The third-order valence-corrected chi connectivity index (χ3v) is 4.58. The normalized spacial score (nSPS) is 16.2. The molecule has 2 atom stereocenters. The summed E-state index contributed by atoms with van der Waals surface area (Å²) in [5.41, 5.74) is 0. The van der Waals surface area contributed by atoms with E-state index in [9.17, 15) is 16.8 Å². The molecule has 7 nitrogen and oxygen atoms in total. The zero-order chi connectivity index (χ0) is 15.1. The van der Waals surface area contributed by atoms with E-state index in [1.807, 2.05) is 13.8 Å². The number of hydrogen-bond donors (Lipinski definition) is 0. The molecule has 0 aromatic rings. The minimum Gasteiger partial charge on any atom is -0.244 e. The van der Waals surface area contributed by atoms with Gasteiger partial charge in [-0.05, 0) is 26.7 Å². The molecule has 2 unspecified atom stereocenters. The van der Waals surface area contributed by atoms with Gasteiger partial charge in [-0.25, -0.2) is 8.37 Å². The Morgan fingerprint density at radius 2 is 1.11 bits per heavy atom. The second-order valence-electron chi connectivity index (χ2n) is 4.28. The zero-order valence-electron chi connectivity index (χ0n) is 11.7. The minimum absolute atomic E-state index is 0.468. The lowest BCUT2D eigenvalue weighted by Crippen LogP contribution is -2.24. The third-order valence-electron chi connectivity index (χ3n) is 2.12. The summed E-state index contributed by atoms with van der Waals surface area (Å²) >= 11 is 0. The molecule has 0 spiro atoms. The minimum atomic E-state index is -4.63. The summed E-state index contributed by atoms with van der Waals surface area (Å²) in [6.07, 6.45) is 1.03. The molecule has 0 aliphatic carbocycles. The quantitative estimate of drug-likeness (QED) is 0.607. The van der Waals surface area contributed by atoms with Crippen molar-refractivity contribution in [2.75, 3.05) is 0 Å². The topological polar surface area (TPSA) is 96.0 Å². The first-order valence-electron chi connectivity index (χ1n) is 6.19. The van der Waals surface area contributed by atoms with Crippen molar-refractivity contribution in [1.29, 1.82) is 0 Å². The standard InChI is InChI=1S/C10H22O7S2/c1-5-7-9(3)15-18(11,12)17-19(13,14)16-10(4)8-6-2/h9-10H,5-8H2,1-4H3. The molecule has 0 radical (unpaired) electrons. The summed E-state index contributed by atoms with van der Waals surface area (Å²) in [6, 6.07) is 0. The van der Waals surface area contributed by atoms with Crippen LogP contribution in [0.15, 0.2) is 0 Å². The van der Waals surface area contributed by atoms with Crippen LogP contribution in [0.2, 0.25) is 0 Å². The molecule has 116 valence electrons. The fourth-order valence-electron chi connectivity index (χ4n) is 1.45. The predicted octanol–water partition coefficient (Wildman–Crippen LogP) is 1.90. The van der Waals surface area contributed by atoms with Gasteiger partial charge in [-0.1, -0.05) is 26.7 Å². The molecule has 0 bridgehead atoms. The van der Waals surface area contributed by atoms with Gasteiger partial charge < -0.3 is 0 Å². The van der Waals surface area contributed by atoms with Gasteiger partial charge in [0.1, 0.15) is 0 Å². The van der Waals surface area contributed by atoms with Gasteiger partial charge >= 0.3 is 20.8 Å². The molecular formula is C10H22O7S2. The highest BCUT2D eigenvalue weighted by atomic mass is 32.3. The fraction of sp³-hybridized carbons (Fsp3) is 1.00. The Balaban J connectivity index is 4.55. The van der Waals surface area contributed by atoms with Crippen LogP contribution >= 0.6 is 0 Å². The Labute approximate surface area is 115 Å². The van der Waals surface area contributed by atoms with Crippen LogP contribution in [-0.2, 0) is 32.8 Å². The van der Waals surface area contributed by atoms with Gasteiger partial charge in [0.15, 0.2) is 0 Å². The molecule has 19 heavy (non-hydrogen) atoms. The molecule has 0 rings (SSSR count). The fourth-order valence-corrected chi connectivity index (χ4v) is 3.52. The lowest BCUT2D eigenvalue weighted by Gasteiger charge is -2.13. The summed E-state index contributed by atoms with van der Waals surface area (Å²) in [4.78, 5) is 0. The highest BCUT2D eigenvalue weighted by molar-refractivity contribution is 7.95. The van der Waals surface area contributed by atoms with E-state index >= 15 is 0 Å². The van der Waals surface area contributed by atoms with Gasteiger partial charge in [-0.15, -0.1) is 3.63 Å². The van der Waals surface area contributed by atoms with Gasteiger partial charge in [-0.3, -0.25) is 0 Å². The van der Waals surface area contributed by atoms with Crippen LogP contribution in [0.4, 0.5) is 0 Å². The van der Waals surface area contributed by atoms with Crippen LogP contribution in [-0.4, -0.2) is 29.0 Å². The number of rotatable bonds is 10. The lowest BCUT2D eigenvalue weighted by atomic mass is 10.2. The molecule has 0 aromatic heterocycles. The Bertz CT molecular complexity index is 398. The Kier molecular flexibility index (Phi) is 8.06. The van der Waals surface area contributed by atoms with Gasteiger partial charge in [0.2, 0.25) is 0 Å². The van der Waals surface area contributed by atoms with Gasteiger partial charge in [-0.2, -0.15) is 16.8 Å². The first-order valence-corrected chi connectivity index (χ1v) is 8.86. The SMILES string of the molecule is CCCC(C)OS(=O)(=O)OS(=O)(=O)OC(C)CCC. The molecule has 0 aliphatic rings. The Hall–Kier alpha value is -0.220. The Morgan fingerprint density at radius 3 is 1.37 bits per heavy atom. The molecule has 0 heterocycles. The van der Waals surface area contributed by atoms with Crippen molar-refractivity contribution in [1.82, 2.24) is 0 Å². The lowest BCUT2D eigenvalue weighted by molar-refractivity contribution is 0.166. The highest BCUT2D eigenvalue weighted by Gasteiger charge is 2.28. The van der Waals surface area contributed by atoms with Crippen molar-refractivity contribution >= 4 is 20.8 Å². The smallest absolute Gasteiger partial charge is 0.244 e. The summed E-state index contributed by atoms with van der Waals surface area (Å²) < 4.78 is 58.5. The maximum Gasteiger partial charge on any atom is 0.416 e. The highest BCUT2D eigenvalue weighted by Crippen LogP contribution is 2.13. The monoisotopic (exact) mass is 318 g/mol. The number of hydrogen-bond acceptors (Lipinski definition) is 7. The summed E-state index contributed by atoms with van der Waals surface area (Å²) in [5.74, 6) is 0. The van der Waals surface area contributed by atoms with Crippen molar-refractivity contribution in [2.45, 2.75) is 65.6 Å². The third kappa shape index (κ3) is 9.33. The zero-order valence-corrected chi connectivity index (χ0v) is 13.3. The molecule has 0 saturated carbocycles. The molecule has 0 saturated heterocycles. The molecule has 0 aromatic carbocycles. The average molecular weight is 318 g/mol. The molecule has 0 aliphatic heterocycles. The van der Waals surface area contributed by atoms with Crippen LogP contribution in [0.1, 0.15) is 53.4 Å². The van der Waals surface area contributed by atoms with E-state index in [4.69, 9.17) is 0 Å². The second-order valence-corrected chi connectivity index (χ2v) is 6.84. The summed E-state index contributed by atoms with van der Waals surface area (Å²) in [5, 5.41) is 0. The van der Waals surface area contributed by atoms with Crippen LogP contribution < -0.4 is 0 Å². The molecule has 0 fully saturated rings. The van der Waals surface area contributed by atoms with E-state index in [2.05, 4.69) is 12.0 Å². The van der Waals surface area contributed by atoms with E-state index in [1.54, 1.807) is 0 Å². The first-order chi connectivity index (χ1) is 8.62. The summed E-state index contributed by atoms with van der Waals surface area (Å²) in [7, 11) is -9.27. The first kappa shape index (κ1) is 18.8. The van der Waals surface area contributed by atoms with Gasteiger partial charge in [0.25, 0.3) is 0 Å². The molecule has 0 amide bonds. The maximum atomic E-state index is 11.4. The van der Waals surface area contributed by atoms with E-state index in [1.165, 1.54) is 13.8 Å². The van der Waals surface area contributed by atoms with Crippen molar-refractivity contribution in [3.63, 3.8) is 0 Å². The average Bonchev–Trinajstić information content (AvgIpc) is 2.13. The van der Waals surface area contributed by atoms with E-state index in [-0.39, 0.29) is 0 Å². The van der Waals surface area contributed by atoms with E-state index < -0.39 is 33.0 Å². The maximum absolute atomic E-state index is 11.4. The molecule has 9 heteroatoms. The Morgan fingerprint density at radius 1 is 0.789 bits per heavy atom. The van der Waals surface area contributed by atoms with E-state index in [0.717, 1.165) is 0 Å². The second kappa shape index (κ2) is 8.15. The van der Waals surface area contributed by atoms with Crippen molar-refractivity contribution in [3.05, 3.63) is 0 Å². The molecular weight excluding hydrogens is 296 g/mol. The van der Waals surface area contributed by atoms with Crippen LogP contribution in [0.3, 0.4) is 0 Å². The van der Waals surface area contributed by atoms with Crippen LogP contribution in [0, 0.1) is 0 Å². The summed E-state index contributed by atoms with van der Waals surface area (Å²) in [6.45, 7) is 6.72.